The molecule has 4 nitrogen and oxygen atoms in total. The number of halogens is 2. The summed E-state index contributed by atoms with van der Waals surface area (Å²) in [6.45, 7) is 8.68. The number of ether oxygens (including phenoxy) is 1. The van der Waals surface area contributed by atoms with E-state index in [1.807, 2.05) is 24.3 Å². The normalized spacial score (nSPS) is 11.2. The van der Waals surface area contributed by atoms with Crippen molar-refractivity contribution < 1.29 is 14.3 Å². The lowest BCUT2D eigenvalue weighted by Gasteiger charge is -2.25. The van der Waals surface area contributed by atoms with Gasteiger partial charge in [0.1, 0.15) is 0 Å². The number of carbonyl (C=O) groups is 2. The fraction of sp³-hybridized carbons (Fsp3) is 0.259. The number of hydrogen-bond donors (Lipinski definition) is 0. The molecule has 1 amide bonds. The first-order valence-electron chi connectivity index (χ1n) is 10.7. The second-order valence-corrected chi connectivity index (χ2v) is 9.57. The van der Waals surface area contributed by atoms with Crippen molar-refractivity contribution in [3.63, 3.8) is 0 Å². The maximum Gasteiger partial charge on any atom is 0.338 e. The van der Waals surface area contributed by atoms with Crippen molar-refractivity contribution >= 4 is 40.8 Å². The topological polar surface area (TPSA) is 46.6 Å². The molecule has 0 aromatic heterocycles. The average molecular weight is 484 g/mol. The van der Waals surface area contributed by atoms with E-state index < -0.39 is 5.97 Å². The number of benzene rings is 3. The molecule has 0 aliphatic rings. The monoisotopic (exact) mass is 483 g/mol. The van der Waals surface area contributed by atoms with Gasteiger partial charge in [-0.2, -0.15) is 0 Å². The zero-order chi connectivity index (χ0) is 24.2. The smallest absolute Gasteiger partial charge is 0.338 e. The molecule has 0 bridgehead atoms. The first-order valence-corrected chi connectivity index (χ1v) is 11.5. The molecular formula is C27H27Cl2NO3. The minimum atomic E-state index is -0.402. The van der Waals surface area contributed by atoms with Gasteiger partial charge in [0.05, 0.1) is 18.7 Å². The maximum atomic E-state index is 13.6. The molecule has 172 valence electrons. The molecule has 0 aliphatic heterocycles. The van der Waals surface area contributed by atoms with Crippen LogP contribution in [0.2, 0.25) is 10.0 Å². The molecular weight excluding hydrogens is 457 g/mol. The SMILES string of the molecule is CCOC(=O)c1ccc(N(Cc2ccc(Cl)cc2Cl)C(=O)c2ccc(C(C)(C)C)cc2)cc1. The fourth-order valence-electron chi connectivity index (χ4n) is 3.36. The van der Waals surface area contributed by atoms with E-state index in [-0.39, 0.29) is 17.9 Å². The average Bonchev–Trinajstić information content (AvgIpc) is 2.78. The second-order valence-electron chi connectivity index (χ2n) is 8.72. The van der Waals surface area contributed by atoms with Crippen molar-refractivity contribution in [2.24, 2.45) is 0 Å². The zero-order valence-corrected chi connectivity index (χ0v) is 20.7. The number of hydrogen-bond acceptors (Lipinski definition) is 3. The molecule has 33 heavy (non-hydrogen) atoms. The Balaban J connectivity index is 1.97. The van der Waals surface area contributed by atoms with Crippen molar-refractivity contribution in [2.75, 3.05) is 11.5 Å². The van der Waals surface area contributed by atoms with Crippen LogP contribution in [0.15, 0.2) is 66.7 Å². The van der Waals surface area contributed by atoms with Crippen LogP contribution in [0.1, 0.15) is 59.5 Å². The molecule has 0 N–H and O–H groups in total. The second kappa shape index (κ2) is 10.4. The molecule has 0 radical (unpaired) electrons. The van der Waals surface area contributed by atoms with Crippen LogP contribution in [0, 0.1) is 0 Å². The van der Waals surface area contributed by atoms with Crippen LogP contribution in [0.3, 0.4) is 0 Å². The van der Waals surface area contributed by atoms with Crippen LogP contribution in [0.4, 0.5) is 5.69 Å². The van der Waals surface area contributed by atoms with E-state index in [0.717, 1.165) is 11.1 Å². The van der Waals surface area contributed by atoms with Gasteiger partial charge in [0.2, 0.25) is 0 Å². The molecule has 0 saturated carbocycles. The Labute approximate surface area is 205 Å². The Morgan fingerprint density at radius 2 is 1.48 bits per heavy atom. The summed E-state index contributed by atoms with van der Waals surface area (Å²) in [6, 6.07) is 19.6. The van der Waals surface area contributed by atoms with Crippen molar-refractivity contribution in [2.45, 2.75) is 39.7 Å². The van der Waals surface area contributed by atoms with Crippen LogP contribution < -0.4 is 4.90 Å². The number of amides is 1. The fourth-order valence-corrected chi connectivity index (χ4v) is 3.83. The van der Waals surface area contributed by atoms with E-state index in [4.69, 9.17) is 27.9 Å². The highest BCUT2D eigenvalue weighted by atomic mass is 35.5. The molecule has 0 unspecified atom stereocenters. The summed E-state index contributed by atoms with van der Waals surface area (Å²) in [7, 11) is 0. The predicted molar refractivity (Wildman–Crippen MR) is 135 cm³/mol. The van der Waals surface area contributed by atoms with Gasteiger partial charge >= 0.3 is 5.97 Å². The van der Waals surface area contributed by atoms with Crippen LogP contribution in [0.25, 0.3) is 0 Å². The summed E-state index contributed by atoms with van der Waals surface area (Å²) in [4.78, 5) is 27.2. The minimum Gasteiger partial charge on any atom is -0.462 e. The molecule has 0 atom stereocenters. The first-order chi connectivity index (χ1) is 15.6. The number of rotatable bonds is 6. The summed E-state index contributed by atoms with van der Waals surface area (Å²) >= 11 is 12.4. The van der Waals surface area contributed by atoms with E-state index in [1.165, 1.54) is 0 Å². The molecule has 6 heteroatoms. The van der Waals surface area contributed by atoms with Crippen molar-refractivity contribution in [3.05, 3.63) is 99.0 Å². The third kappa shape index (κ3) is 6.16. The van der Waals surface area contributed by atoms with Crippen LogP contribution >= 0.6 is 23.2 Å². The lowest BCUT2D eigenvalue weighted by atomic mass is 9.86. The van der Waals surface area contributed by atoms with Gasteiger partial charge in [-0.15, -0.1) is 0 Å². The highest BCUT2D eigenvalue weighted by Gasteiger charge is 2.21. The van der Waals surface area contributed by atoms with Crippen molar-refractivity contribution in [3.8, 4) is 0 Å². The van der Waals surface area contributed by atoms with Gasteiger partial charge in [0, 0.05) is 21.3 Å². The lowest BCUT2D eigenvalue weighted by molar-refractivity contribution is 0.0526. The zero-order valence-electron chi connectivity index (χ0n) is 19.2. The van der Waals surface area contributed by atoms with Gasteiger partial charge in [-0.25, -0.2) is 4.79 Å². The van der Waals surface area contributed by atoms with Gasteiger partial charge in [-0.05, 0) is 72.0 Å². The van der Waals surface area contributed by atoms with Gasteiger partial charge in [-0.1, -0.05) is 62.2 Å². The largest absolute Gasteiger partial charge is 0.462 e. The minimum absolute atomic E-state index is 0.0129. The van der Waals surface area contributed by atoms with Crippen LogP contribution in [-0.4, -0.2) is 18.5 Å². The molecule has 3 rings (SSSR count). The Morgan fingerprint density at radius 3 is 2.03 bits per heavy atom. The molecule has 0 spiro atoms. The Kier molecular flexibility index (Phi) is 7.83. The van der Waals surface area contributed by atoms with Gasteiger partial charge in [0.25, 0.3) is 5.91 Å². The molecule has 0 aliphatic carbocycles. The summed E-state index contributed by atoms with van der Waals surface area (Å²) in [5, 5.41) is 1.00. The molecule has 0 fully saturated rings. The standard InChI is InChI=1S/C27H27Cl2NO3/c1-5-33-26(32)19-9-14-23(15-10-19)30(17-20-8-13-22(28)16-24(20)29)25(31)18-6-11-21(12-7-18)27(2,3)4/h6-16H,5,17H2,1-4H3. The van der Waals surface area contributed by atoms with E-state index in [1.54, 1.807) is 54.3 Å². The van der Waals surface area contributed by atoms with E-state index in [9.17, 15) is 9.59 Å². The summed E-state index contributed by atoms with van der Waals surface area (Å²) in [5.41, 5.74) is 3.51. The van der Waals surface area contributed by atoms with Gasteiger partial charge < -0.3 is 9.64 Å². The molecule has 3 aromatic rings. The Bertz CT molecular complexity index is 1130. The molecule has 0 heterocycles. The van der Waals surface area contributed by atoms with Crippen molar-refractivity contribution in [1.29, 1.82) is 0 Å². The van der Waals surface area contributed by atoms with Crippen LogP contribution in [-0.2, 0) is 16.7 Å². The lowest BCUT2D eigenvalue weighted by Crippen LogP contribution is -2.30. The highest BCUT2D eigenvalue weighted by molar-refractivity contribution is 6.35. The predicted octanol–water partition coefficient (Wildman–Crippen LogP) is 7.31. The maximum absolute atomic E-state index is 13.6. The Morgan fingerprint density at radius 1 is 0.879 bits per heavy atom. The third-order valence-corrected chi connectivity index (χ3v) is 5.86. The Hall–Kier alpha value is -2.82. The van der Waals surface area contributed by atoms with Gasteiger partial charge in [-0.3, -0.25) is 4.79 Å². The summed E-state index contributed by atoms with van der Waals surface area (Å²) < 4.78 is 5.06. The van der Waals surface area contributed by atoms with Gasteiger partial charge in [0.15, 0.2) is 0 Å². The molecule has 0 saturated heterocycles. The quantitative estimate of drug-likeness (QED) is 0.345. The summed E-state index contributed by atoms with van der Waals surface area (Å²) in [6.07, 6.45) is 0. The molecule has 3 aromatic carbocycles. The number of anilines is 1. The summed E-state index contributed by atoms with van der Waals surface area (Å²) in [5.74, 6) is -0.578. The number of nitrogens with zero attached hydrogens (tertiary/aromatic N) is 1. The van der Waals surface area contributed by atoms with E-state index >= 15 is 0 Å². The van der Waals surface area contributed by atoms with Crippen LogP contribution in [0.5, 0.6) is 0 Å². The van der Waals surface area contributed by atoms with E-state index in [0.29, 0.717) is 33.5 Å². The van der Waals surface area contributed by atoms with E-state index in [2.05, 4.69) is 20.8 Å². The number of esters is 1. The van der Waals surface area contributed by atoms with Crippen molar-refractivity contribution in [1.82, 2.24) is 0 Å². The number of carbonyl (C=O) groups excluding carboxylic acids is 2. The third-order valence-electron chi connectivity index (χ3n) is 5.28. The first kappa shape index (κ1) is 24.8. The highest BCUT2D eigenvalue weighted by Crippen LogP contribution is 2.28.